The third-order valence-electron chi connectivity index (χ3n) is 4.82. The number of nitrogens with two attached hydrogens (primary N) is 1. The highest BCUT2D eigenvalue weighted by atomic mass is 16.1. The summed E-state index contributed by atoms with van der Waals surface area (Å²) in [7, 11) is 0. The molecule has 2 unspecified atom stereocenters. The quantitative estimate of drug-likeness (QED) is 0.704. The topological polar surface area (TPSA) is 66.9 Å². The summed E-state index contributed by atoms with van der Waals surface area (Å²) in [5, 5.41) is 9.33. The van der Waals surface area contributed by atoms with E-state index >= 15 is 0 Å². The van der Waals surface area contributed by atoms with E-state index in [0.29, 0.717) is 11.8 Å². The van der Waals surface area contributed by atoms with Gasteiger partial charge in [0.15, 0.2) is 0 Å². The summed E-state index contributed by atoms with van der Waals surface area (Å²) in [6.07, 6.45) is 5.87. The first-order valence-electron chi connectivity index (χ1n) is 5.79. The van der Waals surface area contributed by atoms with E-state index in [-0.39, 0.29) is 16.7 Å². The molecule has 0 heterocycles. The van der Waals surface area contributed by atoms with Crippen LogP contribution in [0, 0.1) is 34.0 Å². The molecule has 0 saturated heterocycles. The zero-order valence-corrected chi connectivity index (χ0v) is 8.83. The van der Waals surface area contributed by atoms with Crippen molar-refractivity contribution < 1.29 is 4.79 Å². The molecule has 0 aromatic rings. The van der Waals surface area contributed by atoms with Crippen LogP contribution in [0.4, 0.5) is 0 Å². The van der Waals surface area contributed by atoms with Crippen molar-refractivity contribution in [2.75, 3.05) is 0 Å². The predicted octanol–water partition coefficient (Wildman–Crippen LogP) is 1.58. The number of hydrogen-bond donors (Lipinski definition) is 1. The molecule has 2 N–H and O–H groups in total. The predicted molar refractivity (Wildman–Crippen MR) is 54.4 cm³/mol. The summed E-state index contributed by atoms with van der Waals surface area (Å²) in [5.74, 6) is 1.01. The molecule has 0 aromatic heterocycles. The van der Waals surface area contributed by atoms with Crippen LogP contribution in [0.3, 0.4) is 0 Å². The lowest BCUT2D eigenvalue weighted by atomic mass is 9.44. The number of rotatable bonds is 1. The fraction of sp³-hybridized carbons (Fsp3) is 0.833. The van der Waals surface area contributed by atoms with Crippen LogP contribution in [0.1, 0.15) is 38.5 Å². The van der Waals surface area contributed by atoms with Gasteiger partial charge in [0.1, 0.15) is 0 Å². The Morgan fingerprint density at radius 2 is 1.87 bits per heavy atom. The molecule has 3 heteroatoms. The van der Waals surface area contributed by atoms with Crippen LogP contribution in [0.25, 0.3) is 0 Å². The Morgan fingerprint density at radius 1 is 1.27 bits per heavy atom. The van der Waals surface area contributed by atoms with Gasteiger partial charge in [-0.1, -0.05) is 0 Å². The summed E-state index contributed by atoms with van der Waals surface area (Å²) in [6.45, 7) is 0. The molecule has 3 nitrogen and oxygen atoms in total. The van der Waals surface area contributed by atoms with Crippen molar-refractivity contribution in [1.29, 1.82) is 5.26 Å². The van der Waals surface area contributed by atoms with Crippen LogP contribution < -0.4 is 5.73 Å². The van der Waals surface area contributed by atoms with Gasteiger partial charge in [-0.2, -0.15) is 5.26 Å². The summed E-state index contributed by atoms with van der Waals surface area (Å²) < 4.78 is 0. The molecule has 1 amide bonds. The summed E-state index contributed by atoms with van der Waals surface area (Å²) in [5.41, 5.74) is 5.03. The first kappa shape index (κ1) is 9.21. The Morgan fingerprint density at radius 3 is 2.33 bits per heavy atom. The third kappa shape index (κ3) is 1.08. The molecular weight excluding hydrogens is 188 g/mol. The minimum absolute atomic E-state index is 0.156. The SMILES string of the molecule is N#CC12CC3CC(C1)CC(C(N)=O)(C3)C2. The lowest BCUT2D eigenvalue weighted by Gasteiger charge is -2.58. The summed E-state index contributed by atoms with van der Waals surface area (Å²) in [6, 6.07) is 2.48. The number of carbonyl (C=O) groups excluding carboxylic acids is 1. The van der Waals surface area contributed by atoms with Gasteiger partial charge in [0.2, 0.25) is 5.91 Å². The molecule has 4 aliphatic carbocycles. The van der Waals surface area contributed by atoms with E-state index in [1.54, 1.807) is 0 Å². The molecule has 4 fully saturated rings. The minimum Gasteiger partial charge on any atom is -0.369 e. The Hall–Kier alpha value is -1.04. The molecule has 80 valence electrons. The number of hydrogen-bond acceptors (Lipinski definition) is 2. The zero-order chi connectivity index (χ0) is 10.7. The molecule has 0 aromatic carbocycles. The molecule has 4 bridgehead atoms. The average Bonchev–Trinajstić information content (AvgIpc) is 2.15. The van der Waals surface area contributed by atoms with Crippen LogP contribution in [0.15, 0.2) is 0 Å². The van der Waals surface area contributed by atoms with Crippen molar-refractivity contribution in [3.05, 3.63) is 0 Å². The smallest absolute Gasteiger partial charge is 0.223 e. The fourth-order valence-electron chi connectivity index (χ4n) is 4.68. The molecule has 4 rings (SSSR count). The van der Waals surface area contributed by atoms with E-state index in [4.69, 9.17) is 5.73 Å². The number of carbonyl (C=O) groups is 1. The minimum atomic E-state index is -0.320. The van der Waals surface area contributed by atoms with Crippen LogP contribution in [0.2, 0.25) is 0 Å². The molecular formula is C12H16N2O. The summed E-state index contributed by atoms with van der Waals surface area (Å²) in [4.78, 5) is 11.6. The van der Waals surface area contributed by atoms with E-state index < -0.39 is 0 Å². The molecule has 0 radical (unpaired) electrons. The molecule has 4 aliphatic rings. The second kappa shape index (κ2) is 2.55. The van der Waals surface area contributed by atoms with Gasteiger partial charge in [-0.05, 0) is 50.4 Å². The highest BCUT2D eigenvalue weighted by molar-refractivity contribution is 5.81. The van der Waals surface area contributed by atoms with E-state index in [1.165, 1.54) is 6.42 Å². The van der Waals surface area contributed by atoms with Crippen LogP contribution >= 0.6 is 0 Å². The molecule has 0 spiro atoms. The maximum Gasteiger partial charge on any atom is 0.223 e. The number of primary amides is 1. The lowest BCUT2D eigenvalue weighted by molar-refractivity contribution is -0.147. The van der Waals surface area contributed by atoms with Crippen molar-refractivity contribution in [2.24, 2.45) is 28.4 Å². The molecule has 2 atom stereocenters. The molecule has 15 heavy (non-hydrogen) atoms. The first-order valence-corrected chi connectivity index (χ1v) is 5.79. The first-order chi connectivity index (χ1) is 7.07. The van der Waals surface area contributed by atoms with Gasteiger partial charge in [-0.15, -0.1) is 0 Å². The van der Waals surface area contributed by atoms with Gasteiger partial charge < -0.3 is 5.73 Å². The number of amides is 1. The van der Waals surface area contributed by atoms with Crippen molar-refractivity contribution in [1.82, 2.24) is 0 Å². The molecule has 0 aliphatic heterocycles. The third-order valence-corrected chi connectivity index (χ3v) is 4.82. The van der Waals surface area contributed by atoms with Crippen LogP contribution in [-0.2, 0) is 4.79 Å². The van der Waals surface area contributed by atoms with E-state index in [9.17, 15) is 10.1 Å². The maximum absolute atomic E-state index is 11.6. The van der Waals surface area contributed by atoms with Gasteiger partial charge in [-0.3, -0.25) is 4.79 Å². The van der Waals surface area contributed by atoms with Gasteiger partial charge in [0.05, 0.1) is 16.9 Å². The monoisotopic (exact) mass is 204 g/mol. The summed E-state index contributed by atoms with van der Waals surface area (Å²) >= 11 is 0. The average molecular weight is 204 g/mol. The van der Waals surface area contributed by atoms with Crippen molar-refractivity contribution >= 4 is 5.91 Å². The number of nitrogens with zero attached hydrogens (tertiary/aromatic N) is 1. The lowest BCUT2D eigenvalue weighted by Crippen LogP contribution is -2.56. The molecule has 4 saturated carbocycles. The second-order valence-electron chi connectivity index (χ2n) is 6.00. The van der Waals surface area contributed by atoms with Crippen molar-refractivity contribution in [2.45, 2.75) is 38.5 Å². The standard InChI is InChI=1S/C12H16N2O/c13-7-11-2-8-1-9(3-11)5-12(4-8,6-11)10(14)15/h8-9H,1-6H2,(H2,14,15). The second-order valence-corrected chi connectivity index (χ2v) is 6.00. The Kier molecular flexibility index (Phi) is 1.57. The van der Waals surface area contributed by atoms with Gasteiger partial charge >= 0.3 is 0 Å². The normalized spacial score (nSPS) is 51.4. The highest BCUT2D eigenvalue weighted by Crippen LogP contribution is 2.64. The fourth-order valence-corrected chi connectivity index (χ4v) is 4.68. The largest absolute Gasteiger partial charge is 0.369 e. The van der Waals surface area contributed by atoms with Gasteiger partial charge in [0.25, 0.3) is 0 Å². The Balaban J connectivity index is 2.03. The van der Waals surface area contributed by atoms with Crippen LogP contribution in [0.5, 0.6) is 0 Å². The van der Waals surface area contributed by atoms with E-state index in [2.05, 4.69) is 6.07 Å². The van der Waals surface area contributed by atoms with E-state index in [1.807, 2.05) is 0 Å². The van der Waals surface area contributed by atoms with Crippen LogP contribution in [-0.4, -0.2) is 5.91 Å². The van der Waals surface area contributed by atoms with Gasteiger partial charge in [0, 0.05) is 0 Å². The van der Waals surface area contributed by atoms with Crippen molar-refractivity contribution in [3.63, 3.8) is 0 Å². The highest BCUT2D eigenvalue weighted by Gasteiger charge is 2.60. The Labute approximate surface area is 89.6 Å². The van der Waals surface area contributed by atoms with Gasteiger partial charge in [-0.25, -0.2) is 0 Å². The zero-order valence-electron chi connectivity index (χ0n) is 8.83. The van der Waals surface area contributed by atoms with E-state index in [0.717, 1.165) is 32.1 Å². The number of nitriles is 1. The Bertz CT molecular complexity index is 354. The maximum atomic E-state index is 11.6. The van der Waals surface area contributed by atoms with Crippen molar-refractivity contribution in [3.8, 4) is 6.07 Å².